The van der Waals surface area contributed by atoms with Crippen molar-refractivity contribution >= 4 is 5.91 Å². The minimum Gasteiger partial charge on any atom is -0.348 e. The van der Waals surface area contributed by atoms with Crippen LogP contribution in [0, 0.1) is 11.8 Å². The Morgan fingerprint density at radius 2 is 2.00 bits per heavy atom. The molecule has 7 heteroatoms. The summed E-state index contributed by atoms with van der Waals surface area (Å²) in [6.45, 7) is 4.70. The van der Waals surface area contributed by atoms with Crippen LogP contribution < -0.4 is 16.7 Å². The Bertz CT molecular complexity index is 1040. The van der Waals surface area contributed by atoms with Gasteiger partial charge in [-0.1, -0.05) is 48.6 Å². The van der Waals surface area contributed by atoms with Gasteiger partial charge in [-0.2, -0.15) is 4.68 Å². The molecule has 1 aromatic heterocycles. The van der Waals surface area contributed by atoms with Crippen LogP contribution in [-0.2, 0) is 10.2 Å². The van der Waals surface area contributed by atoms with E-state index in [-0.39, 0.29) is 17.5 Å². The molecular weight excluding hydrogens is 390 g/mol. The Labute approximate surface area is 181 Å². The van der Waals surface area contributed by atoms with Crippen LogP contribution in [0.5, 0.6) is 0 Å². The summed E-state index contributed by atoms with van der Waals surface area (Å²) < 4.78 is 1.33. The van der Waals surface area contributed by atoms with Crippen LogP contribution in [0.4, 0.5) is 0 Å². The molecule has 0 saturated heterocycles. The zero-order chi connectivity index (χ0) is 21.8. The van der Waals surface area contributed by atoms with Crippen LogP contribution in [0.3, 0.4) is 0 Å². The van der Waals surface area contributed by atoms with Crippen LogP contribution in [0.2, 0.25) is 0 Å². The van der Waals surface area contributed by atoms with E-state index in [9.17, 15) is 9.59 Å². The molecule has 2 atom stereocenters. The molecule has 0 spiro atoms. The number of amides is 1. The third kappa shape index (κ3) is 4.05. The van der Waals surface area contributed by atoms with Gasteiger partial charge in [-0.25, -0.2) is 4.79 Å². The lowest BCUT2D eigenvalue weighted by atomic mass is 9.76. The highest BCUT2D eigenvalue weighted by atomic mass is 16.2. The number of benzene rings is 1. The van der Waals surface area contributed by atoms with Crippen molar-refractivity contribution in [3.8, 4) is 5.69 Å². The standard InChI is InChI=1S/C24H29N5O2/c1-2-24(22-27-23(31)29(28-22)19-8-4-3-5-9-19)15-7-6-10-20(24)26-21(30)18-13-11-17(16-25)12-14-18/h2-10,15,17-18,20H,1,11-14,16,25H2,(H,26,30)(H,27,28,31)/t17?,18?,20?,24-/m0/s1. The zero-order valence-corrected chi connectivity index (χ0v) is 17.5. The summed E-state index contributed by atoms with van der Waals surface area (Å²) in [6.07, 6.45) is 13.0. The van der Waals surface area contributed by atoms with Gasteiger partial charge in [0, 0.05) is 5.92 Å². The van der Waals surface area contributed by atoms with Crippen LogP contribution in [0.15, 0.2) is 72.1 Å². The van der Waals surface area contributed by atoms with E-state index in [1.54, 1.807) is 6.08 Å². The lowest BCUT2D eigenvalue weighted by Gasteiger charge is -2.36. The van der Waals surface area contributed by atoms with Crippen molar-refractivity contribution in [2.45, 2.75) is 37.1 Å². The highest BCUT2D eigenvalue weighted by Crippen LogP contribution is 2.33. The second-order valence-corrected chi connectivity index (χ2v) is 8.35. The average Bonchev–Trinajstić information content (AvgIpc) is 3.22. The Kier molecular flexibility index (Phi) is 6.04. The van der Waals surface area contributed by atoms with Crippen molar-refractivity contribution in [1.82, 2.24) is 20.1 Å². The monoisotopic (exact) mass is 419 g/mol. The second-order valence-electron chi connectivity index (χ2n) is 8.35. The van der Waals surface area contributed by atoms with Gasteiger partial charge in [-0.15, -0.1) is 11.7 Å². The average molecular weight is 420 g/mol. The van der Waals surface area contributed by atoms with Crippen molar-refractivity contribution in [1.29, 1.82) is 0 Å². The number of rotatable bonds is 6. The number of nitrogens with zero attached hydrogens (tertiary/aromatic N) is 2. The molecule has 0 bridgehead atoms. The largest absolute Gasteiger partial charge is 0.348 e. The normalized spacial score (nSPS) is 27.7. The molecule has 4 N–H and O–H groups in total. The molecule has 1 saturated carbocycles. The summed E-state index contributed by atoms with van der Waals surface area (Å²) >= 11 is 0. The maximum absolute atomic E-state index is 13.1. The summed E-state index contributed by atoms with van der Waals surface area (Å²) in [7, 11) is 0. The van der Waals surface area contributed by atoms with Gasteiger partial charge in [0.25, 0.3) is 0 Å². The van der Waals surface area contributed by atoms with Crippen LogP contribution in [0.25, 0.3) is 5.69 Å². The Morgan fingerprint density at radius 1 is 1.26 bits per heavy atom. The fraction of sp³-hybridized carbons (Fsp3) is 0.375. The van der Waals surface area contributed by atoms with E-state index in [4.69, 9.17) is 5.73 Å². The van der Waals surface area contributed by atoms with Crippen LogP contribution in [-0.4, -0.2) is 33.3 Å². The van der Waals surface area contributed by atoms with Gasteiger partial charge in [-0.3, -0.25) is 9.78 Å². The lowest BCUT2D eigenvalue weighted by molar-refractivity contribution is -0.126. The number of aromatic amines is 1. The van der Waals surface area contributed by atoms with Crippen molar-refractivity contribution in [3.05, 3.63) is 83.6 Å². The molecular formula is C24H29N5O2. The first-order valence-corrected chi connectivity index (χ1v) is 10.8. The maximum atomic E-state index is 13.1. The SMILES string of the molecule is C=C[C@]1(c2nn(-c3ccccc3)c(=O)[nH]2)C=CC=CC1NC(=O)C1CCC(CN)CC1. The molecule has 7 nitrogen and oxygen atoms in total. The second kappa shape index (κ2) is 8.89. The van der Waals surface area contributed by atoms with E-state index in [2.05, 4.69) is 22.0 Å². The van der Waals surface area contributed by atoms with Gasteiger partial charge in [-0.05, 0) is 50.3 Å². The van der Waals surface area contributed by atoms with Crippen LogP contribution >= 0.6 is 0 Å². The molecule has 1 unspecified atom stereocenters. The number of H-pyrrole nitrogens is 1. The Balaban J connectivity index is 1.60. The predicted octanol–water partition coefficient (Wildman–Crippen LogP) is 2.36. The van der Waals surface area contributed by atoms with E-state index < -0.39 is 11.5 Å². The summed E-state index contributed by atoms with van der Waals surface area (Å²) in [6, 6.07) is 8.83. The van der Waals surface area contributed by atoms with Crippen molar-refractivity contribution in [2.24, 2.45) is 17.6 Å². The topological polar surface area (TPSA) is 106 Å². The third-order valence-corrected chi connectivity index (χ3v) is 6.52. The van der Waals surface area contributed by atoms with Crippen molar-refractivity contribution in [3.63, 3.8) is 0 Å². The number of allylic oxidation sites excluding steroid dienone is 2. The number of hydrogen-bond acceptors (Lipinski definition) is 4. The zero-order valence-electron chi connectivity index (χ0n) is 17.5. The number of hydrogen-bond donors (Lipinski definition) is 3. The number of para-hydroxylation sites is 1. The van der Waals surface area contributed by atoms with Gasteiger partial charge in [0.2, 0.25) is 5.91 Å². The number of aromatic nitrogens is 3. The molecule has 4 rings (SSSR count). The van der Waals surface area contributed by atoms with E-state index in [1.165, 1.54) is 4.68 Å². The number of carbonyl (C=O) groups excluding carboxylic acids is 1. The van der Waals surface area contributed by atoms with E-state index >= 15 is 0 Å². The van der Waals surface area contributed by atoms with Crippen LogP contribution in [0.1, 0.15) is 31.5 Å². The summed E-state index contributed by atoms with van der Waals surface area (Å²) in [5, 5.41) is 7.74. The molecule has 2 aliphatic rings. The minimum absolute atomic E-state index is 0.0226. The van der Waals surface area contributed by atoms with E-state index in [1.807, 2.05) is 54.6 Å². The Hall–Kier alpha value is -3.19. The first-order chi connectivity index (χ1) is 15.1. The molecule has 2 aromatic rings. The maximum Gasteiger partial charge on any atom is 0.348 e. The molecule has 0 radical (unpaired) electrons. The molecule has 1 aromatic carbocycles. The Morgan fingerprint density at radius 3 is 2.68 bits per heavy atom. The molecule has 1 heterocycles. The number of nitrogens with two attached hydrogens (primary N) is 1. The van der Waals surface area contributed by atoms with Gasteiger partial charge in [0.05, 0.1) is 17.1 Å². The molecule has 1 fully saturated rings. The van der Waals surface area contributed by atoms with Crippen molar-refractivity contribution < 1.29 is 4.79 Å². The summed E-state index contributed by atoms with van der Waals surface area (Å²) in [5.74, 6) is 0.956. The van der Waals surface area contributed by atoms with Crippen molar-refractivity contribution in [2.75, 3.05) is 6.54 Å². The van der Waals surface area contributed by atoms with Gasteiger partial charge in [0.1, 0.15) is 5.82 Å². The minimum atomic E-state index is -0.849. The fourth-order valence-corrected chi connectivity index (χ4v) is 4.53. The summed E-state index contributed by atoms with van der Waals surface area (Å²) in [4.78, 5) is 28.6. The smallest absolute Gasteiger partial charge is 0.348 e. The number of carbonyl (C=O) groups is 1. The quantitative estimate of drug-likeness (QED) is 0.625. The first kappa shape index (κ1) is 21.1. The predicted molar refractivity (Wildman–Crippen MR) is 121 cm³/mol. The third-order valence-electron chi connectivity index (χ3n) is 6.52. The van der Waals surface area contributed by atoms with E-state index in [0.717, 1.165) is 25.7 Å². The highest BCUT2D eigenvalue weighted by Gasteiger charge is 2.41. The van der Waals surface area contributed by atoms with Gasteiger partial charge < -0.3 is 11.1 Å². The molecule has 1 amide bonds. The molecule has 0 aliphatic heterocycles. The number of nitrogens with one attached hydrogen (secondary N) is 2. The lowest BCUT2D eigenvalue weighted by Crippen LogP contribution is -2.51. The highest BCUT2D eigenvalue weighted by molar-refractivity contribution is 5.79. The fourth-order valence-electron chi connectivity index (χ4n) is 4.53. The molecule has 2 aliphatic carbocycles. The first-order valence-electron chi connectivity index (χ1n) is 10.8. The molecule has 162 valence electrons. The molecule has 31 heavy (non-hydrogen) atoms. The summed E-state index contributed by atoms with van der Waals surface area (Å²) in [5.41, 5.74) is 5.26. The van der Waals surface area contributed by atoms with E-state index in [0.29, 0.717) is 24.0 Å². The van der Waals surface area contributed by atoms with Gasteiger partial charge >= 0.3 is 5.69 Å². The van der Waals surface area contributed by atoms with Gasteiger partial charge in [0.15, 0.2) is 0 Å².